The molecule has 10 heteroatoms. The van der Waals surface area contributed by atoms with Gasteiger partial charge in [-0.15, -0.1) is 10.2 Å². The SMILES string of the molecule is N#CC(=C(OCC(=O)c1cc2ccccc2o1)C(F)(F)F)c1nnc2n1CCCCC2. The first-order valence-corrected chi connectivity index (χ1v) is 9.67. The number of hydrogen-bond donors (Lipinski definition) is 0. The third kappa shape index (κ3) is 4.17. The normalized spacial score (nSPS) is 15.0. The molecular weight excluding hydrogens is 413 g/mol. The summed E-state index contributed by atoms with van der Waals surface area (Å²) in [5.41, 5.74) is -0.369. The predicted molar refractivity (Wildman–Crippen MR) is 103 cm³/mol. The Bertz CT molecular complexity index is 1170. The van der Waals surface area contributed by atoms with Gasteiger partial charge in [0.15, 0.2) is 18.2 Å². The lowest BCUT2D eigenvalue weighted by Crippen LogP contribution is -2.21. The molecule has 3 heterocycles. The maximum absolute atomic E-state index is 13.8. The molecule has 0 aliphatic carbocycles. The van der Waals surface area contributed by atoms with Crippen molar-refractivity contribution in [3.8, 4) is 6.07 Å². The fraction of sp³-hybridized carbons (Fsp3) is 0.333. The molecule has 0 saturated heterocycles. The molecule has 0 spiro atoms. The highest BCUT2D eigenvalue weighted by atomic mass is 19.4. The summed E-state index contributed by atoms with van der Waals surface area (Å²) >= 11 is 0. The summed E-state index contributed by atoms with van der Waals surface area (Å²) in [7, 11) is 0. The number of carbonyl (C=O) groups is 1. The quantitative estimate of drug-likeness (QED) is 0.337. The number of ether oxygens (including phenoxy) is 1. The number of alkyl halides is 3. The van der Waals surface area contributed by atoms with Gasteiger partial charge in [-0.3, -0.25) is 4.79 Å². The summed E-state index contributed by atoms with van der Waals surface area (Å²) in [4.78, 5) is 12.4. The first kappa shape index (κ1) is 20.7. The van der Waals surface area contributed by atoms with Crippen LogP contribution >= 0.6 is 0 Å². The molecule has 0 saturated carbocycles. The molecule has 7 nitrogen and oxygen atoms in total. The van der Waals surface area contributed by atoms with E-state index in [-0.39, 0.29) is 11.6 Å². The van der Waals surface area contributed by atoms with Gasteiger partial charge in [0.1, 0.15) is 23.0 Å². The van der Waals surface area contributed by atoms with Gasteiger partial charge in [0.05, 0.1) is 0 Å². The molecule has 0 radical (unpaired) electrons. The van der Waals surface area contributed by atoms with Crippen molar-refractivity contribution in [3.05, 3.63) is 53.5 Å². The predicted octanol–water partition coefficient (Wildman–Crippen LogP) is 4.45. The molecule has 3 aromatic rings. The first-order chi connectivity index (χ1) is 14.9. The molecule has 1 aliphatic rings. The Kier molecular flexibility index (Phi) is 5.50. The number of aryl methyl sites for hydroxylation is 1. The molecular formula is C21H17F3N4O3. The topological polar surface area (TPSA) is 93.9 Å². The Hall–Kier alpha value is -3.61. The molecule has 4 rings (SSSR count). The average molecular weight is 430 g/mol. The first-order valence-electron chi connectivity index (χ1n) is 9.67. The summed E-state index contributed by atoms with van der Waals surface area (Å²) in [5, 5.41) is 17.9. The summed E-state index contributed by atoms with van der Waals surface area (Å²) in [5.74, 6) is -2.16. The van der Waals surface area contributed by atoms with E-state index < -0.39 is 29.9 Å². The van der Waals surface area contributed by atoms with Gasteiger partial charge in [0, 0.05) is 18.4 Å². The number of halogens is 3. The van der Waals surface area contributed by atoms with Crippen molar-refractivity contribution >= 4 is 22.3 Å². The van der Waals surface area contributed by atoms with Gasteiger partial charge >= 0.3 is 6.18 Å². The van der Waals surface area contributed by atoms with Gasteiger partial charge < -0.3 is 13.7 Å². The molecule has 1 aromatic carbocycles. The van der Waals surface area contributed by atoms with E-state index in [9.17, 15) is 23.2 Å². The van der Waals surface area contributed by atoms with Crippen LogP contribution in [-0.4, -0.2) is 33.3 Å². The number of para-hydroxylation sites is 1. The summed E-state index contributed by atoms with van der Waals surface area (Å²) < 4.78 is 53.0. The second-order valence-corrected chi connectivity index (χ2v) is 7.08. The monoisotopic (exact) mass is 430 g/mol. The van der Waals surface area contributed by atoms with Gasteiger partial charge in [-0.1, -0.05) is 24.6 Å². The van der Waals surface area contributed by atoms with Gasteiger partial charge in [-0.05, 0) is 25.0 Å². The number of rotatable bonds is 5. The third-order valence-electron chi connectivity index (χ3n) is 4.98. The lowest BCUT2D eigenvalue weighted by molar-refractivity contribution is -0.127. The molecule has 0 N–H and O–H groups in total. The van der Waals surface area contributed by atoms with E-state index in [1.807, 2.05) is 0 Å². The number of furan rings is 1. The van der Waals surface area contributed by atoms with Crippen molar-refractivity contribution in [2.45, 2.75) is 38.4 Å². The van der Waals surface area contributed by atoms with Crippen LogP contribution in [0.25, 0.3) is 16.5 Å². The van der Waals surface area contributed by atoms with Crippen LogP contribution in [0.5, 0.6) is 0 Å². The van der Waals surface area contributed by atoms with Gasteiger partial charge in [0.25, 0.3) is 0 Å². The molecule has 2 aromatic heterocycles. The van der Waals surface area contributed by atoms with E-state index in [4.69, 9.17) is 9.15 Å². The number of carbonyl (C=O) groups excluding carboxylic acids is 1. The van der Waals surface area contributed by atoms with Gasteiger partial charge in [0.2, 0.25) is 11.5 Å². The molecule has 0 atom stereocenters. The van der Waals surface area contributed by atoms with Crippen molar-refractivity contribution in [2.75, 3.05) is 6.61 Å². The van der Waals surface area contributed by atoms with E-state index in [0.717, 1.165) is 19.3 Å². The van der Waals surface area contributed by atoms with Crippen LogP contribution in [0.15, 0.2) is 40.5 Å². The Balaban J connectivity index is 1.65. The minimum atomic E-state index is -5.00. The van der Waals surface area contributed by atoms with Crippen molar-refractivity contribution < 1.29 is 27.1 Å². The minimum absolute atomic E-state index is 0.127. The van der Waals surface area contributed by atoms with E-state index >= 15 is 0 Å². The van der Waals surface area contributed by atoms with Crippen molar-refractivity contribution in [1.29, 1.82) is 5.26 Å². The Labute approximate surface area is 174 Å². The number of benzene rings is 1. The molecule has 0 fully saturated rings. The number of nitrogens with zero attached hydrogens (tertiary/aromatic N) is 4. The zero-order valence-corrected chi connectivity index (χ0v) is 16.3. The Morgan fingerprint density at radius 3 is 2.77 bits per heavy atom. The minimum Gasteiger partial charge on any atom is -0.479 e. The number of hydrogen-bond acceptors (Lipinski definition) is 6. The average Bonchev–Trinajstić information content (AvgIpc) is 3.27. The smallest absolute Gasteiger partial charge is 0.450 e. The molecule has 160 valence electrons. The van der Waals surface area contributed by atoms with Crippen LogP contribution in [0.2, 0.25) is 0 Å². The molecule has 31 heavy (non-hydrogen) atoms. The van der Waals surface area contributed by atoms with Crippen molar-refractivity contribution in [2.24, 2.45) is 0 Å². The lowest BCUT2D eigenvalue weighted by atomic mass is 10.2. The van der Waals surface area contributed by atoms with Crippen LogP contribution in [0.3, 0.4) is 0 Å². The number of nitriles is 1. The van der Waals surface area contributed by atoms with Crippen LogP contribution in [0.1, 0.15) is 41.5 Å². The van der Waals surface area contributed by atoms with Crippen molar-refractivity contribution in [1.82, 2.24) is 14.8 Å². The second kappa shape index (κ2) is 8.26. The number of Topliss-reactive ketones (excluding diaryl/α,β-unsaturated/α-hetero) is 1. The summed E-state index contributed by atoms with van der Waals surface area (Å²) in [6.07, 6.45) is -1.94. The second-order valence-electron chi connectivity index (χ2n) is 7.08. The van der Waals surface area contributed by atoms with E-state index in [1.165, 1.54) is 10.6 Å². The highest BCUT2D eigenvalue weighted by Gasteiger charge is 2.41. The van der Waals surface area contributed by atoms with E-state index in [0.29, 0.717) is 29.8 Å². The molecule has 0 unspecified atom stereocenters. The maximum atomic E-state index is 13.8. The molecule has 1 aliphatic heterocycles. The number of fused-ring (bicyclic) bond motifs is 2. The summed E-state index contributed by atoms with van der Waals surface area (Å²) in [6, 6.07) is 9.78. The fourth-order valence-electron chi connectivity index (χ4n) is 3.50. The van der Waals surface area contributed by atoms with E-state index in [1.54, 1.807) is 30.3 Å². The third-order valence-corrected chi connectivity index (χ3v) is 4.98. The highest BCUT2D eigenvalue weighted by molar-refractivity contribution is 5.98. The van der Waals surface area contributed by atoms with Gasteiger partial charge in [-0.2, -0.15) is 18.4 Å². The standard InChI is InChI=1S/C21H17F3N4O3/c22-21(23,24)19(14(11-25)20-27-26-18-8-2-1-5-9-28(18)20)30-12-15(29)17-10-13-6-3-4-7-16(13)31-17/h3-4,6-7,10H,1-2,5,8-9,12H2. The number of ketones is 1. The fourth-order valence-corrected chi connectivity index (χ4v) is 3.50. The zero-order valence-electron chi connectivity index (χ0n) is 16.3. The number of allylic oxidation sites excluding steroid dienone is 2. The van der Waals surface area contributed by atoms with Crippen LogP contribution < -0.4 is 0 Å². The van der Waals surface area contributed by atoms with E-state index in [2.05, 4.69) is 10.2 Å². The Morgan fingerprint density at radius 1 is 1.23 bits per heavy atom. The lowest BCUT2D eigenvalue weighted by Gasteiger charge is -2.15. The Morgan fingerprint density at radius 2 is 2.03 bits per heavy atom. The summed E-state index contributed by atoms with van der Waals surface area (Å²) in [6.45, 7) is -0.535. The van der Waals surface area contributed by atoms with Gasteiger partial charge in [-0.25, -0.2) is 0 Å². The van der Waals surface area contributed by atoms with Crippen LogP contribution in [-0.2, 0) is 17.7 Å². The van der Waals surface area contributed by atoms with Crippen molar-refractivity contribution in [3.63, 3.8) is 0 Å². The van der Waals surface area contributed by atoms with Crippen LogP contribution in [0.4, 0.5) is 13.2 Å². The number of aromatic nitrogens is 3. The largest absolute Gasteiger partial charge is 0.479 e. The highest BCUT2D eigenvalue weighted by Crippen LogP contribution is 2.33. The zero-order chi connectivity index (χ0) is 22.0. The molecule has 0 bridgehead atoms. The van der Waals surface area contributed by atoms with Crippen LogP contribution in [0, 0.1) is 11.3 Å². The molecule has 0 amide bonds. The maximum Gasteiger partial charge on any atom is 0.450 e.